The lowest BCUT2D eigenvalue weighted by Crippen LogP contribution is -2.51. The number of esters is 1. The number of alkyl carbamates (subject to hydrolysis) is 1. The van der Waals surface area contributed by atoms with Crippen molar-refractivity contribution in [3.05, 3.63) is 77.9 Å². The fourth-order valence-corrected chi connectivity index (χ4v) is 3.86. The Morgan fingerprint density at radius 2 is 1.68 bits per heavy atom. The molecule has 0 aliphatic carbocycles. The number of rotatable bonds is 13. The quantitative estimate of drug-likeness (QED) is 0.237. The van der Waals surface area contributed by atoms with E-state index in [0.29, 0.717) is 11.3 Å². The highest BCUT2D eigenvalue weighted by atomic mass is 16.6. The summed E-state index contributed by atoms with van der Waals surface area (Å²) in [5, 5.41) is 8.39. The monoisotopic (exact) mass is 567 g/mol. The van der Waals surface area contributed by atoms with Crippen LogP contribution in [0.15, 0.2) is 66.7 Å². The molecule has 0 aliphatic heterocycles. The Balaban J connectivity index is 2.30. The first-order valence-corrected chi connectivity index (χ1v) is 13.4. The van der Waals surface area contributed by atoms with Gasteiger partial charge in [0, 0.05) is 12.6 Å². The summed E-state index contributed by atoms with van der Waals surface area (Å²) in [6, 6.07) is 14.9. The van der Waals surface area contributed by atoms with Crippen LogP contribution >= 0.6 is 0 Å². The molecule has 10 heteroatoms. The number of ether oxygens (including phenoxy) is 3. The molecule has 3 amide bonds. The van der Waals surface area contributed by atoms with Gasteiger partial charge in [0.05, 0.1) is 32.8 Å². The van der Waals surface area contributed by atoms with Crippen molar-refractivity contribution in [1.82, 2.24) is 10.6 Å². The zero-order valence-electron chi connectivity index (χ0n) is 24.6. The number of carbonyl (C=O) groups excluding carboxylic acids is 4. The first kappa shape index (κ1) is 33.0. The Kier molecular flexibility index (Phi) is 13.0. The maximum atomic E-state index is 13.6. The van der Waals surface area contributed by atoms with E-state index < -0.39 is 29.7 Å². The van der Waals surface area contributed by atoms with Crippen LogP contribution < -0.4 is 16.0 Å². The number of amides is 3. The van der Waals surface area contributed by atoms with E-state index in [2.05, 4.69) is 16.0 Å². The van der Waals surface area contributed by atoms with Crippen LogP contribution in [0.2, 0.25) is 0 Å². The highest BCUT2D eigenvalue weighted by Gasteiger charge is 2.28. The predicted molar refractivity (Wildman–Crippen MR) is 156 cm³/mol. The third-order valence-electron chi connectivity index (χ3n) is 5.75. The van der Waals surface area contributed by atoms with Crippen LogP contribution in [0.4, 0.5) is 10.5 Å². The minimum atomic E-state index is -1.07. The van der Waals surface area contributed by atoms with E-state index in [1.807, 2.05) is 43.3 Å². The molecule has 41 heavy (non-hydrogen) atoms. The Bertz CT molecular complexity index is 1190. The molecule has 0 bridgehead atoms. The molecule has 2 rings (SSSR count). The molecule has 3 N–H and O–H groups in total. The number of methoxy groups -OCH3 is 1. The van der Waals surface area contributed by atoms with E-state index >= 15 is 0 Å². The molecule has 0 spiro atoms. The largest absolute Gasteiger partial charge is 0.469 e. The van der Waals surface area contributed by atoms with Crippen LogP contribution in [0.5, 0.6) is 0 Å². The third kappa shape index (κ3) is 12.7. The van der Waals surface area contributed by atoms with E-state index in [0.717, 1.165) is 5.56 Å². The molecule has 0 heterocycles. The van der Waals surface area contributed by atoms with E-state index in [4.69, 9.17) is 14.2 Å². The maximum Gasteiger partial charge on any atom is 0.408 e. The van der Waals surface area contributed by atoms with Gasteiger partial charge in [-0.15, -0.1) is 0 Å². The smallest absolute Gasteiger partial charge is 0.408 e. The zero-order chi connectivity index (χ0) is 30.4. The summed E-state index contributed by atoms with van der Waals surface area (Å²) < 4.78 is 15.9. The van der Waals surface area contributed by atoms with Gasteiger partial charge in [-0.3, -0.25) is 14.4 Å². The van der Waals surface area contributed by atoms with Gasteiger partial charge in [-0.05, 0) is 49.9 Å². The summed E-state index contributed by atoms with van der Waals surface area (Å²) in [7, 11) is 1.31. The fourth-order valence-electron chi connectivity index (χ4n) is 3.86. The van der Waals surface area contributed by atoms with Crippen LogP contribution in [0, 0.1) is 5.92 Å². The van der Waals surface area contributed by atoms with Crippen LogP contribution in [-0.4, -0.2) is 49.2 Å². The second-order valence-electron chi connectivity index (χ2n) is 10.6. The van der Waals surface area contributed by atoms with Gasteiger partial charge in [-0.25, -0.2) is 4.79 Å². The number of carbonyl (C=O) groups is 4. The van der Waals surface area contributed by atoms with Gasteiger partial charge in [0.1, 0.15) is 11.6 Å². The molecule has 0 fully saturated rings. The highest BCUT2D eigenvalue weighted by molar-refractivity contribution is 5.89. The summed E-state index contributed by atoms with van der Waals surface area (Å²) in [5.74, 6) is -1.40. The zero-order valence-corrected chi connectivity index (χ0v) is 24.6. The van der Waals surface area contributed by atoms with E-state index in [9.17, 15) is 19.2 Å². The minimum absolute atomic E-state index is 0.0730. The molecule has 10 nitrogen and oxygen atoms in total. The van der Waals surface area contributed by atoms with Gasteiger partial charge in [-0.2, -0.15) is 0 Å². The first-order valence-electron chi connectivity index (χ1n) is 13.4. The van der Waals surface area contributed by atoms with E-state index in [1.54, 1.807) is 51.1 Å². The Labute approximate surface area is 241 Å². The average Bonchev–Trinajstić information content (AvgIpc) is 2.90. The lowest BCUT2D eigenvalue weighted by molar-refractivity contribution is -0.139. The predicted octanol–water partition coefficient (Wildman–Crippen LogP) is 4.67. The van der Waals surface area contributed by atoms with Crippen LogP contribution in [0.3, 0.4) is 0 Å². The lowest BCUT2D eigenvalue weighted by Gasteiger charge is -2.28. The fraction of sp³-hybridized carbons (Fsp3) is 0.419. The summed E-state index contributed by atoms with van der Waals surface area (Å²) in [6.07, 6.45) is 2.79. The highest BCUT2D eigenvalue weighted by Crippen LogP contribution is 2.26. The molecule has 0 aromatic heterocycles. The standard InChI is InChI=1S/C31H41N3O7/c1-21(12-10-17-27(36)39-6)28(24-15-11-16-25(18-24)32-22(2)35)34-29(37)26(33-30(38)41-31(3,4)5)20-40-19-23-13-8-7-9-14-23/h7-16,18,21,26,28H,17,19-20H2,1-6H3,(H,32,35)(H,33,38)(H,34,37)/b12-10+/t21-,26-,28+/m0/s1. The van der Waals surface area contributed by atoms with Crippen molar-refractivity contribution in [2.75, 3.05) is 19.0 Å². The molecule has 0 saturated carbocycles. The van der Waals surface area contributed by atoms with E-state index in [1.165, 1.54) is 14.0 Å². The van der Waals surface area contributed by atoms with Gasteiger partial charge in [0.25, 0.3) is 0 Å². The first-order chi connectivity index (χ1) is 19.4. The number of anilines is 1. The Hall–Kier alpha value is -4.18. The normalized spacial score (nSPS) is 13.5. The number of nitrogens with one attached hydrogen (secondary N) is 3. The number of hydrogen-bond acceptors (Lipinski definition) is 7. The second-order valence-corrected chi connectivity index (χ2v) is 10.6. The lowest BCUT2D eigenvalue weighted by atomic mass is 9.93. The molecule has 2 aromatic carbocycles. The van der Waals surface area contributed by atoms with E-state index in [-0.39, 0.29) is 37.4 Å². The minimum Gasteiger partial charge on any atom is -0.469 e. The summed E-state index contributed by atoms with van der Waals surface area (Å²) in [6.45, 7) is 8.62. The third-order valence-corrected chi connectivity index (χ3v) is 5.75. The molecular formula is C31H41N3O7. The summed E-state index contributed by atoms with van der Waals surface area (Å²) >= 11 is 0. The molecule has 0 saturated heterocycles. The van der Waals surface area contributed by atoms with Gasteiger partial charge in [0.15, 0.2) is 0 Å². The molecule has 2 aromatic rings. The van der Waals surface area contributed by atoms with Crippen molar-refractivity contribution in [1.29, 1.82) is 0 Å². The summed E-state index contributed by atoms with van der Waals surface area (Å²) in [5.41, 5.74) is 1.43. The van der Waals surface area contributed by atoms with Crippen molar-refractivity contribution < 1.29 is 33.4 Å². The van der Waals surface area contributed by atoms with Crippen LogP contribution in [0.1, 0.15) is 58.2 Å². The Morgan fingerprint density at radius 1 is 0.976 bits per heavy atom. The summed E-state index contributed by atoms with van der Waals surface area (Å²) in [4.78, 5) is 49.5. The van der Waals surface area contributed by atoms with Gasteiger partial charge in [0.2, 0.25) is 11.8 Å². The topological polar surface area (TPSA) is 132 Å². The molecule has 0 aliphatic rings. The van der Waals surface area contributed by atoms with Crippen molar-refractivity contribution in [3.63, 3.8) is 0 Å². The van der Waals surface area contributed by atoms with Crippen molar-refractivity contribution >= 4 is 29.6 Å². The average molecular weight is 568 g/mol. The van der Waals surface area contributed by atoms with Crippen LogP contribution in [-0.2, 0) is 35.2 Å². The van der Waals surface area contributed by atoms with Crippen molar-refractivity contribution in [2.45, 2.75) is 65.3 Å². The van der Waals surface area contributed by atoms with Gasteiger partial charge >= 0.3 is 12.1 Å². The number of hydrogen-bond donors (Lipinski definition) is 3. The molecule has 3 atom stereocenters. The molecule has 0 radical (unpaired) electrons. The van der Waals surface area contributed by atoms with Crippen molar-refractivity contribution in [2.24, 2.45) is 5.92 Å². The number of benzene rings is 2. The Morgan fingerprint density at radius 3 is 2.32 bits per heavy atom. The van der Waals surface area contributed by atoms with Crippen molar-refractivity contribution in [3.8, 4) is 0 Å². The second kappa shape index (κ2) is 16.2. The van der Waals surface area contributed by atoms with Gasteiger partial charge in [-0.1, -0.05) is 61.5 Å². The van der Waals surface area contributed by atoms with Crippen LogP contribution in [0.25, 0.3) is 0 Å². The maximum absolute atomic E-state index is 13.6. The molecule has 0 unspecified atom stereocenters. The molecular weight excluding hydrogens is 526 g/mol. The van der Waals surface area contributed by atoms with Gasteiger partial charge < -0.3 is 30.2 Å². The molecule has 222 valence electrons. The SMILES string of the molecule is COC(=O)C/C=C/[C@H](C)[C@@H](NC(=O)[C@H](COCc1ccccc1)NC(=O)OC(C)(C)C)c1cccc(NC(C)=O)c1.